The van der Waals surface area contributed by atoms with Crippen molar-refractivity contribution < 1.29 is 14.6 Å². The Morgan fingerprint density at radius 1 is 1.60 bits per heavy atom. The van der Waals surface area contributed by atoms with Crippen LogP contribution in [0.4, 0.5) is 0 Å². The summed E-state index contributed by atoms with van der Waals surface area (Å²) in [6.07, 6.45) is 0. The molecule has 0 amide bonds. The number of methoxy groups -OCH3 is 1. The van der Waals surface area contributed by atoms with Gasteiger partial charge in [-0.15, -0.1) is 0 Å². The molecule has 3 N–H and O–H groups in total. The van der Waals surface area contributed by atoms with E-state index >= 15 is 0 Å². The summed E-state index contributed by atoms with van der Waals surface area (Å²) in [4.78, 5) is 10.8. The van der Waals surface area contributed by atoms with E-state index in [-0.39, 0.29) is 0 Å². The number of rotatable bonds is 3. The van der Waals surface area contributed by atoms with E-state index in [9.17, 15) is 4.79 Å². The lowest BCUT2D eigenvalue weighted by atomic mass is 10.0. The number of carboxylic acids is 1. The largest absolute Gasteiger partial charge is 0.496 e. The number of ether oxygens (including phenoxy) is 1. The molecule has 0 aromatic heterocycles. The van der Waals surface area contributed by atoms with Crippen molar-refractivity contribution in [3.05, 3.63) is 27.7 Å². The summed E-state index contributed by atoms with van der Waals surface area (Å²) in [5.41, 5.74) is 6.96. The minimum atomic E-state index is -1.07. The van der Waals surface area contributed by atoms with E-state index in [1.54, 1.807) is 6.07 Å². The van der Waals surface area contributed by atoms with E-state index in [2.05, 4.69) is 15.9 Å². The number of carbonyl (C=O) groups is 1. The number of aryl methyl sites for hydroxylation is 1. The number of carboxylic acid groups (broad SMARTS) is 1. The van der Waals surface area contributed by atoms with Crippen LogP contribution in [0, 0.1) is 6.92 Å². The van der Waals surface area contributed by atoms with Crippen molar-refractivity contribution in [1.82, 2.24) is 0 Å². The fraction of sp³-hybridized carbons (Fsp3) is 0.300. The highest BCUT2D eigenvalue weighted by molar-refractivity contribution is 9.10. The minimum Gasteiger partial charge on any atom is -0.496 e. The molecule has 0 saturated heterocycles. The average Bonchev–Trinajstić information content (AvgIpc) is 2.19. The van der Waals surface area contributed by atoms with Crippen LogP contribution >= 0.6 is 15.9 Å². The van der Waals surface area contributed by atoms with Crippen LogP contribution in [0.3, 0.4) is 0 Å². The highest BCUT2D eigenvalue weighted by Gasteiger charge is 2.19. The molecule has 0 radical (unpaired) electrons. The maximum absolute atomic E-state index is 10.8. The van der Waals surface area contributed by atoms with E-state index in [4.69, 9.17) is 15.6 Å². The van der Waals surface area contributed by atoms with Crippen LogP contribution < -0.4 is 10.5 Å². The number of hydrogen-bond acceptors (Lipinski definition) is 3. The lowest BCUT2D eigenvalue weighted by molar-refractivity contribution is -0.138. The first kappa shape index (κ1) is 12.0. The Hall–Kier alpha value is -1.07. The van der Waals surface area contributed by atoms with Crippen LogP contribution in [0.15, 0.2) is 16.6 Å². The number of nitrogens with two attached hydrogens (primary N) is 1. The van der Waals surface area contributed by atoms with Gasteiger partial charge in [0.1, 0.15) is 11.8 Å². The van der Waals surface area contributed by atoms with Gasteiger partial charge in [-0.2, -0.15) is 0 Å². The molecular weight excluding hydrogens is 262 g/mol. The zero-order valence-electron chi connectivity index (χ0n) is 8.45. The molecule has 15 heavy (non-hydrogen) atoms. The number of benzene rings is 1. The van der Waals surface area contributed by atoms with Gasteiger partial charge in [0.05, 0.1) is 11.6 Å². The summed E-state index contributed by atoms with van der Waals surface area (Å²) in [5.74, 6) is -0.481. The molecule has 0 bridgehead atoms. The van der Waals surface area contributed by atoms with Crippen molar-refractivity contribution in [1.29, 1.82) is 0 Å². The fourth-order valence-corrected chi connectivity index (χ4v) is 1.91. The van der Waals surface area contributed by atoms with Gasteiger partial charge in [-0.25, -0.2) is 0 Å². The van der Waals surface area contributed by atoms with Crippen LogP contribution in [-0.4, -0.2) is 18.2 Å². The summed E-state index contributed by atoms with van der Waals surface area (Å²) in [5, 5.41) is 8.83. The monoisotopic (exact) mass is 273 g/mol. The smallest absolute Gasteiger partial charge is 0.325 e. The Morgan fingerprint density at radius 3 is 2.67 bits per heavy atom. The fourth-order valence-electron chi connectivity index (χ4n) is 1.27. The Labute approximate surface area is 96.2 Å². The van der Waals surface area contributed by atoms with Crippen molar-refractivity contribution in [2.75, 3.05) is 7.11 Å². The summed E-state index contributed by atoms with van der Waals surface area (Å²) in [6.45, 7) is 1.85. The number of hydrogen-bond donors (Lipinski definition) is 2. The maximum Gasteiger partial charge on any atom is 0.325 e. The van der Waals surface area contributed by atoms with Crippen LogP contribution in [-0.2, 0) is 4.79 Å². The molecule has 0 saturated carbocycles. The van der Waals surface area contributed by atoms with E-state index in [1.165, 1.54) is 7.11 Å². The zero-order chi connectivity index (χ0) is 11.6. The van der Waals surface area contributed by atoms with Crippen molar-refractivity contribution >= 4 is 21.9 Å². The normalized spacial score (nSPS) is 12.3. The van der Waals surface area contributed by atoms with Gasteiger partial charge in [-0.05, 0) is 40.0 Å². The molecule has 0 spiro atoms. The second kappa shape index (κ2) is 4.63. The van der Waals surface area contributed by atoms with E-state index in [0.29, 0.717) is 15.8 Å². The van der Waals surface area contributed by atoms with E-state index in [0.717, 1.165) is 5.56 Å². The van der Waals surface area contributed by atoms with Gasteiger partial charge in [0, 0.05) is 0 Å². The van der Waals surface area contributed by atoms with Gasteiger partial charge in [-0.1, -0.05) is 6.07 Å². The molecule has 4 nitrogen and oxygen atoms in total. The predicted molar refractivity (Wildman–Crippen MR) is 60.0 cm³/mol. The second-order valence-electron chi connectivity index (χ2n) is 3.19. The predicted octanol–water partition coefficient (Wildman–Crippen LogP) is 1.85. The molecule has 1 aromatic rings. The molecule has 1 atom stereocenters. The first-order chi connectivity index (χ1) is 6.97. The highest BCUT2D eigenvalue weighted by atomic mass is 79.9. The first-order valence-electron chi connectivity index (χ1n) is 4.29. The topological polar surface area (TPSA) is 72.5 Å². The summed E-state index contributed by atoms with van der Waals surface area (Å²) in [7, 11) is 1.52. The van der Waals surface area contributed by atoms with Gasteiger partial charge in [-0.3, -0.25) is 4.79 Å². The Balaban J connectivity index is 3.28. The SMILES string of the molecule is COc1cc(C)cc(C(N)C(=O)O)c1Br. The molecule has 0 heterocycles. The van der Waals surface area contributed by atoms with Gasteiger partial charge in [0.25, 0.3) is 0 Å². The number of halogens is 1. The van der Waals surface area contributed by atoms with Gasteiger partial charge < -0.3 is 15.6 Å². The Bertz CT molecular complexity index is 392. The van der Waals surface area contributed by atoms with Crippen molar-refractivity contribution in [3.63, 3.8) is 0 Å². The molecular formula is C10H12BrNO3. The van der Waals surface area contributed by atoms with Gasteiger partial charge in [0.15, 0.2) is 0 Å². The third-order valence-corrected chi connectivity index (χ3v) is 2.88. The lowest BCUT2D eigenvalue weighted by Gasteiger charge is -2.13. The Kier molecular flexibility index (Phi) is 3.71. The number of aliphatic carboxylic acids is 1. The molecule has 0 aliphatic carbocycles. The highest BCUT2D eigenvalue weighted by Crippen LogP contribution is 2.33. The molecule has 0 aliphatic heterocycles. The van der Waals surface area contributed by atoms with E-state index in [1.807, 2.05) is 13.0 Å². The van der Waals surface area contributed by atoms with Crippen LogP contribution in [0.5, 0.6) is 5.75 Å². The van der Waals surface area contributed by atoms with Crippen LogP contribution in [0.25, 0.3) is 0 Å². The molecule has 0 aliphatic rings. The Morgan fingerprint density at radius 2 is 2.20 bits per heavy atom. The van der Waals surface area contributed by atoms with E-state index < -0.39 is 12.0 Å². The molecule has 0 fully saturated rings. The molecule has 82 valence electrons. The third-order valence-electron chi connectivity index (χ3n) is 2.03. The quantitative estimate of drug-likeness (QED) is 0.882. The van der Waals surface area contributed by atoms with Crippen molar-refractivity contribution in [3.8, 4) is 5.75 Å². The van der Waals surface area contributed by atoms with Crippen LogP contribution in [0.2, 0.25) is 0 Å². The third kappa shape index (κ3) is 2.49. The summed E-state index contributed by atoms with van der Waals surface area (Å²) >= 11 is 3.28. The second-order valence-corrected chi connectivity index (χ2v) is 3.98. The van der Waals surface area contributed by atoms with Gasteiger partial charge >= 0.3 is 5.97 Å². The molecule has 1 rings (SSSR count). The zero-order valence-corrected chi connectivity index (χ0v) is 10.0. The molecule has 1 aromatic carbocycles. The standard InChI is InChI=1S/C10H12BrNO3/c1-5-3-6(9(12)10(13)14)8(11)7(4-5)15-2/h3-4,9H,12H2,1-2H3,(H,13,14). The summed E-state index contributed by atoms with van der Waals surface area (Å²) < 4.78 is 5.69. The maximum atomic E-state index is 10.8. The van der Waals surface area contributed by atoms with Gasteiger partial charge in [0.2, 0.25) is 0 Å². The van der Waals surface area contributed by atoms with Crippen LogP contribution in [0.1, 0.15) is 17.2 Å². The van der Waals surface area contributed by atoms with Crippen molar-refractivity contribution in [2.45, 2.75) is 13.0 Å². The molecule has 5 heteroatoms. The first-order valence-corrected chi connectivity index (χ1v) is 5.09. The van der Waals surface area contributed by atoms with Crippen molar-refractivity contribution in [2.24, 2.45) is 5.73 Å². The molecule has 1 unspecified atom stereocenters. The lowest BCUT2D eigenvalue weighted by Crippen LogP contribution is -2.21. The average molecular weight is 274 g/mol. The summed E-state index contributed by atoms with van der Waals surface area (Å²) in [6, 6.07) is 2.49. The minimum absolute atomic E-state index is 0.513.